The van der Waals surface area contributed by atoms with E-state index in [0.717, 1.165) is 60.8 Å². The van der Waals surface area contributed by atoms with Crippen LogP contribution in [0.4, 0.5) is 13.2 Å². The molecule has 0 unspecified atom stereocenters. The molecule has 0 aromatic carbocycles. The van der Waals surface area contributed by atoms with Gasteiger partial charge in [-0.3, -0.25) is 33.6 Å². The number of Topliss-reactive ketones (excluding diaryl/α,β-unsaturated/α-hetero) is 1. The number of nitrogens with zero attached hydrogens (tertiary/aromatic N) is 3. The fourth-order valence-corrected chi connectivity index (χ4v) is 17.5. The molecule has 1 aliphatic heterocycles. The van der Waals surface area contributed by atoms with Crippen molar-refractivity contribution in [3.8, 4) is 0 Å². The van der Waals surface area contributed by atoms with Gasteiger partial charge in [0.1, 0.15) is 17.3 Å². The molecule has 6 saturated carbocycles. The summed E-state index contributed by atoms with van der Waals surface area (Å²) >= 11 is 0. The van der Waals surface area contributed by atoms with E-state index in [1.165, 1.54) is 0 Å². The summed E-state index contributed by atoms with van der Waals surface area (Å²) in [6, 6.07) is 0.693. The van der Waals surface area contributed by atoms with Gasteiger partial charge in [0.05, 0.1) is 35.4 Å². The van der Waals surface area contributed by atoms with Crippen molar-refractivity contribution in [2.24, 2.45) is 62.6 Å². The van der Waals surface area contributed by atoms with Gasteiger partial charge in [-0.05, 0) is 127 Å². The number of allylic oxidation sites excluding steroid dienone is 1. The molecule has 2 amide bonds. The Bertz CT molecular complexity index is 2520. The number of aliphatic carboxylic acids is 1. The minimum atomic E-state index is -4.83. The zero-order chi connectivity index (χ0) is 51.2. The fourth-order valence-electron chi connectivity index (χ4n) is 16.2. The van der Waals surface area contributed by atoms with E-state index in [1.54, 1.807) is 0 Å². The van der Waals surface area contributed by atoms with Gasteiger partial charge in [0.25, 0.3) is 5.91 Å². The molecule has 8 aliphatic rings. The van der Waals surface area contributed by atoms with Crippen molar-refractivity contribution < 1.29 is 55.4 Å². The molecule has 7 fully saturated rings. The third-order valence-corrected chi connectivity index (χ3v) is 22.3. The highest BCUT2D eigenvalue weighted by Gasteiger charge is 2.71. The summed E-state index contributed by atoms with van der Waals surface area (Å²) in [5.74, 6) is -3.12. The number of rotatable bonds is 11. The Labute approximate surface area is 410 Å². The number of alkyl halides is 3. The van der Waals surface area contributed by atoms with E-state index < -0.39 is 67.8 Å². The molecule has 388 valence electrons. The average Bonchev–Trinajstić information content (AvgIpc) is 3.78. The first-order chi connectivity index (χ1) is 32.4. The van der Waals surface area contributed by atoms with Gasteiger partial charge in [-0.1, -0.05) is 62.3 Å². The Balaban J connectivity index is 0.932. The highest BCUT2D eigenvalue weighted by Crippen LogP contribution is 2.76. The van der Waals surface area contributed by atoms with Crippen LogP contribution in [-0.4, -0.2) is 106 Å². The Kier molecular flexibility index (Phi) is 12.1. The van der Waals surface area contributed by atoms with Crippen molar-refractivity contribution in [2.75, 3.05) is 31.1 Å². The van der Waals surface area contributed by atoms with Crippen LogP contribution >= 0.6 is 0 Å². The number of carbonyl (C=O) groups is 5. The summed E-state index contributed by atoms with van der Waals surface area (Å²) in [6.07, 6.45) is 2.36. The number of fused-ring (bicyclic) bond motifs is 7. The van der Waals surface area contributed by atoms with Crippen LogP contribution in [0, 0.1) is 62.6 Å². The van der Waals surface area contributed by atoms with E-state index in [0.29, 0.717) is 24.8 Å². The van der Waals surface area contributed by atoms with Crippen molar-refractivity contribution in [2.45, 2.75) is 169 Å². The highest BCUT2D eigenvalue weighted by molar-refractivity contribution is 7.91. The standard InChI is InChI=1S/C52H74F3N5O9S/c1-29(2)39-34(61)28-51(57-44(66)50(18-19-50)56-41(62)33-27-37(52(53,54)55)58-60(33)21-20-59-22-24-70(67,68)25-23-59)17-16-48(8)30(40(39)51)10-11-36-47(7)14-13-38(46(5,6)35(47)12-15-49(36,48)9)69-43(65)32-26-31(42(63)64)45(32,3)4/h27,29-32,35-36,38H,10-26,28H2,1-9H3,(H,56,62)(H,57,66)(H,63,64)/t30-,31+,32-,35+,36-,38+,47+,48-,49-,51-/m1/s1. The Hall–Kier alpha value is -3.80. The Morgan fingerprint density at radius 1 is 0.843 bits per heavy atom. The van der Waals surface area contributed by atoms with Crippen LogP contribution in [0.1, 0.15) is 156 Å². The number of hydrogen-bond donors (Lipinski definition) is 3. The number of carbonyl (C=O) groups excluding carboxylic acids is 4. The van der Waals surface area contributed by atoms with Crippen LogP contribution in [-0.2, 0) is 46.5 Å². The number of nitrogens with one attached hydrogen (secondary N) is 2. The third kappa shape index (κ3) is 7.90. The van der Waals surface area contributed by atoms with Crippen LogP contribution in [0.25, 0.3) is 0 Å². The normalized spacial score (nSPS) is 38.0. The number of carboxylic acids is 1. The van der Waals surface area contributed by atoms with Crippen LogP contribution < -0.4 is 10.6 Å². The Morgan fingerprint density at radius 3 is 2.11 bits per heavy atom. The summed E-state index contributed by atoms with van der Waals surface area (Å²) in [6.45, 7) is 20.1. The molecule has 10 atom stereocenters. The van der Waals surface area contributed by atoms with Crippen molar-refractivity contribution in [3.05, 3.63) is 28.6 Å². The summed E-state index contributed by atoms with van der Waals surface area (Å²) in [5.41, 5.74) is -3.59. The molecule has 7 aliphatic carbocycles. The zero-order valence-corrected chi connectivity index (χ0v) is 43.3. The second-order valence-electron chi connectivity index (χ2n) is 25.2. The summed E-state index contributed by atoms with van der Waals surface area (Å²) in [7, 11) is -3.18. The molecule has 1 aromatic heterocycles. The van der Waals surface area contributed by atoms with E-state index in [4.69, 9.17) is 4.74 Å². The van der Waals surface area contributed by atoms with E-state index >= 15 is 0 Å². The first-order valence-electron chi connectivity index (χ1n) is 25.8. The SMILES string of the molecule is CC(C)C1=C2[C@H]3CC[C@@H]4[C@@]5(C)CC[C@H](OC(=O)[C@H]6C[C@@H](C(=O)O)C6(C)C)C(C)(C)[C@@H]5CC[C@@]4(C)[C@]3(C)CC[C@@]2(NC(=O)C2(NC(=O)c3cc(C(F)(F)F)nn3CCN3CCS(=O)(=O)CC3)CC2)CC1=O. The molecule has 0 bridgehead atoms. The molecule has 0 radical (unpaired) electrons. The second kappa shape index (κ2) is 16.6. The topological polar surface area (TPSA) is 194 Å². The molecular formula is C52H74F3N5O9S. The number of ether oxygens (including phenoxy) is 1. The van der Waals surface area contributed by atoms with Crippen LogP contribution in [0.2, 0.25) is 0 Å². The van der Waals surface area contributed by atoms with Gasteiger partial charge in [-0.25, -0.2) is 8.42 Å². The maximum absolute atomic E-state index is 14.8. The number of halogens is 3. The molecule has 2 heterocycles. The highest BCUT2D eigenvalue weighted by atomic mass is 32.2. The lowest BCUT2D eigenvalue weighted by molar-refractivity contribution is -0.235. The molecule has 1 saturated heterocycles. The number of sulfone groups is 1. The second-order valence-corrected chi connectivity index (χ2v) is 27.5. The van der Waals surface area contributed by atoms with Crippen LogP contribution in [0.5, 0.6) is 0 Å². The Morgan fingerprint density at radius 2 is 1.51 bits per heavy atom. The molecule has 1 aromatic rings. The van der Waals surface area contributed by atoms with Gasteiger partial charge >= 0.3 is 18.1 Å². The predicted molar refractivity (Wildman–Crippen MR) is 253 cm³/mol. The van der Waals surface area contributed by atoms with Gasteiger partial charge in [0.15, 0.2) is 21.3 Å². The average molecular weight is 1000 g/mol. The van der Waals surface area contributed by atoms with Gasteiger partial charge in [0, 0.05) is 37.5 Å². The predicted octanol–water partition coefficient (Wildman–Crippen LogP) is 7.40. The van der Waals surface area contributed by atoms with E-state index in [2.05, 4.69) is 50.4 Å². The number of aromatic nitrogens is 2. The third-order valence-electron chi connectivity index (χ3n) is 20.7. The summed E-state index contributed by atoms with van der Waals surface area (Å²) in [5, 5.41) is 19.6. The molecule has 70 heavy (non-hydrogen) atoms. The number of amides is 2. The van der Waals surface area contributed by atoms with Crippen LogP contribution in [0.15, 0.2) is 17.2 Å². The number of hydrogen-bond acceptors (Lipinski definition) is 10. The minimum absolute atomic E-state index is 0.00235. The number of ketones is 1. The first-order valence-corrected chi connectivity index (χ1v) is 27.6. The maximum atomic E-state index is 14.8. The minimum Gasteiger partial charge on any atom is -0.481 e. The number of carboxylic acid groups (broad SMARTS) is 1. The van der Waals surface area contributed by atoms with Crippen molar-refractivity contribution >= 4 is 39.4 Å². The monoisotopic (exact) mass is 1000 g/mol. The van der Waals surface area contributed by atoms with Gasteiger partial charge in [-0.2, -0.15) is 18.3 Å². The lowest BCUT2D eigenvalue weighted by atomic mass is 9.33. The smallest absolute Gasteiger partial charge is 0.435 e. The molecule has 0 spiro atoms. The number of esters is 1. The summed E-state index contributed by atoms with van der Waals surface area (Å²) in [4.78, 5) is 70.5. The van der Waals surface area contributed by atoms with Crippen molar-refractivity contribution in [3.63, 3.8) is 0 Å². The van der Waals surface area contributed by atoms with Gasteiger partial charge in [-0.15, -0.1) is 0 Å². The van der Waals surface area contributed by atoms with E-state index in [9.17, 15) is 50.7 Å². The largest absolute Gasteiger partial charge is 0.481 e. The van der Waals surface area contributed by atoms with Gasteiger partial charge in [0.2, 0.25) is 5.91 Å². The fraction of sp³-hybridized carbons (Fsp3) is 0.808. The van der Waals surface area contributed by atoms with Crippen molar-refractivity contribution in [1.82, 2.24) is 25.3 Å². The zero-order valence-electron chi connectivity index (χ0n) is 42.4. The van der Waals surface area contributed by atoms with Crippen molar-refractivity contribution in [1.29, 1.82) is 0 Å². The maximum Gasteiger partial charge on any atom is 0.435 e. The lowest BCUT2D eigenvalue weighted by Gasteiger charge is -2.72. The van der Waals surface area contributed by atoms with E-state index in [-0.39, 0.29) is 120 Å². The lowest BCUT2D eigenvalue weighted by Crippen LogP contribution is -2.68. The molecule has 3 N–H and O–H groups in total. The molecule has 18 heteroatoms. The quantitative estimate of drug-likeness (QED) is 0.187. The first kappa shape index (κ1) is 51.1. The van der Waals surface area contributed by atoms with Crippen LogP contribution in [0.3, 0.4) is 0 Å². The van der Waals surface area contributed by atoms with Gasteiger partial charge < -0.3 is 20.5 Å². The van der Waals surface area contributed by atoms with E-state index in [1.807, 2.05) is 32.6 Å². The molecule has 9 rings (SSSR count). The molecular weight excluding hydrogens is 928 g/mol. The summed E-state index contributed by atoms with van der Waals surface area (Å²) < 4.78 is 73.4. The molecule has 14 nitrogen and oxygen atoms in total.